The van der Waals surface area contributed by atoms with Gasteiger partial charge in [0, 0.05) is 0 Å². The molecule has 1 aromatic carbocycles. The van der Waals surface area contributed by atoms with Gasteiger partial charge in [-0.15, -0.1) is 0 Å². The molecule has 0 aromatic heterocycles. The molecule has 0 radical (unpaired) electrons. The Balaban J connectivity index is 2.31. The summed E-state index contributed by atoms with van der Waals surface area (Å²) >= 11 is 0. The maximum absolute atomic E-state index is 11.8. The summed E-state index contributed by atoms with van der Waals surface area (Å²) in [6, 6.07) is 3.53. The van der Waals surface area contributed by atoms with Crippen molar-refractivity contribution in [1.29, 1.82) is 0 Å². The van der Waals surface area contributed by atoms with Gasteiger partial charge in [0.2, 0.25) is 10.0 Å². The largest absolute Gasteiger partial charge is 0.489 e. The van der Waals surface area contributed by atoms with Gasteiger partial charge in [0.15, 0.2) is 0 Å². The quantitative estimate of drug-likeness (QED) is 0.927. The minimum Gasteiger partial charge on any atom is -0.489 e. The number of primary sulfonamides is 1. The molecule has 1 aliphatic rings. The Morgan fingerprint density at radius 2 is 2.00 bits per heavy atom. The maximum Gasteiger partial charge on any atom is 0.241 e. The van der Waals surface area contributed by atoms with Crippen molar-refractivity contribution in [3.63, 3.8) is 0 Å². The molecule has 4 nitrogen and oxygen atoms in total. The fraction of sp³-hybridized carbons (Fsp3) is 0.625. The van der Waals surface area contributed by atoms with Gasteiger partial charge in [-0.05, 0) is 56.2 Å². The van der Waals surface area contributed by atoms with Crippen LogP contribution in [-0.2, 0) is 10.0 Å². The third-order valence-electron chi connectivity index (χ3n) is 4.29. The van der Waals surface area contributed by atoms with Gasteiger partial charge in [0.1, 0.15) is 10.6 Å². The molecular formula is C16H25NO3S. The molecule has 2 N–H and O–H groups in total. The number of aryl methyl sites for hydroxylation is 2. The summed E-state index contributed by atoms with van der Waals surface area (Å²) in [5.41, 5.74) is 1.71. The van der Waals surface area contributed by atoms with Crippen molar-refractivity contribution in [2.24, 2.45) is 11.1 Å². The summed E-state index contributed by atoms with van der Waals surface area (Å²) in [7, 11) is -3.77. The number of hydrogen-bond donors (Lipinski definition) is 1. The topological polar surface area (TPSA) is 69.4 Å². The Kier molecular flexibility index (Phi) is 4.94. The number of benzene rings is 1. The van der Waals surface area contributed by atoms with Gasteiger partial charge in [-0.25, -0.2) is 13.6 Å². The molecule has 1 aromatic rings. The van der Waals surface area contributed by atoms with E-state index in [0.717, 1.165) is 36.8 Å². The second-order valence-corrected chi connectivity index (χ2v) is 7.66. The van der Waals surface area contributed by atoms with Gasteiger partial charge in [0.25, 0.3) is 0 Å². The van der Waals surface area contributed by atoms with Crippen molar-refractivity contribution in [2.75, 3.05) is 0 Å². The predicted octanol–water partition coefficient (Wildman–Crippen LogP) is 3.30. The van der Waals surface area contributed by atoms with Crippen LogP contribution in [0.25, 0.3) is 0 Å². The first-order valence-corrected chi connectivity index (χ1v) is 9.16. The lowest BCUT2D eigenvalue weighted by atomic mass is 9.85. The van der Waals surface area contributed by atoms with Crippen LogP contribution < -0.4 is 9.88 Å². The standard InChI is InChI=1S/C16H25NO3S/c1-4-13-6-5-7-14(10-13)20-16-12(3)8-11(2)9-15(16)21(17,18)19/h8-9,13-14H,4-7,10H2,1-3H3,(H2,17,18,19). The van der Waals surface area contributed by atoms with Crippen molar-refractivity contribution in [1.82, 2.24) is 0 Å². The minimum atomic E-state index is -3.77. The Hall–Kier alpha value is -1.07. The highest BCUT2D eigenvalue weighted by Gasteiger charge is 2.25. The highest BCUT2D eigenvalue weighted by Crippen LogP contribution is 2.34. The molecule has 2 atom stereocenters. The van der Waals surface area contributed by atoms with E-state index in [4.69, 9.17) is 9.88 Å². The Bertz CT molecular complexity index is 610. The van der Waals surface area contributed by atoms with Gasteiger partial charge in [-0.3, -0.25) is 0 Å². The van der Waals surface area contributed by atoms with Crippen LogP contribution in [0.1, 0.15) is 50.2 Å². The Labute approximate surface area is 127 Å². The van der Waals surface area contributed by atoms with Gasteiger partial charge < -0.3 is 4.74 Å². The monoisotopic (exact) mass is 311 g/mol. The van der Waals surface area contributed by atoms with Crippen molar-refractivity contribution >= 4 is 10.0 Å². The zero-order chi connectivity index (χ0) is 15.6. The van der Waals surface area contributed by atoms with E-state index >= 15 is 0 Å². The molecule has 1 aliphatic carbocycles. The maximum atomic E-state index is 11.8. The second-order valence-electron chi connectivity index (χ2n) is 6.13. The molecular weight excluding hydrogens is 286 g/mol. The molecule has 1 saturated carbocycles. The normalized spacial score (nSPS) is 23.0. The van der Waals surface area contributed by atoms with E-state index in [2.05, 4.69) is 6.92 Å². The van der Waals surface area contributed by atoms with E-state index in [-0.39, 0.29) is 11.0 Å². The fourth-order valence-electron chi connectivity index (χ4n) is 3.16. The van der Waals surface area contributed by atoms with Crippen LogP contribution >= 0.6 is 0 Å². The van der Waals surface area contributed by atoms with Crippen LogP contribution in [-0.4, -0.2) is 14.5 Å². The van der Waals surface area contributed by atoms with Crippen LogP contribution in [0.2, 0.25) is 0 Å². The summed E-state index contributed by atoms with van der Waals surface area (Å²) in [4.78, 5) is 0.110. The van der Waals surface area contributed by atoms with E-state index in [9.17, 15) is 8.42 Å². The summed E-state index contributed by atoms with van der Waals surface area (Å²) in [6.45, 7) is 5.93. The molecule has 5 heteroatoms. The van der Waals surface area contributed by atoms with Crippen LogP contribution in [0.5, 0.6) is 5.75 Å². The van der Waals surface area contributed by atoms with Crippen molar-refractivity contribution in [2.45, 2.75) is 63.9 Å². The lowest BCUT2D eigenvalue weighted by molar-refractivity contribution is 0.118. The molecule has 21 heavy (non-hydrogen) atoms. The van der Waals surface area contributed by atoms with Crippen molar-refractivity contribution in [3.8, 4) is 5.75 Å². The van der Waals surface area contributed by atoms with Crippen molar-refractivity contribution in [3.05, 3.63) is 23.3 Å². The van der Waals surface area contributed by atoms with Crippen molar-refractivity contribution < 1.29 is 13.2 Å². The molecule has 2 unspecified atom stereocenters. The van der Waals surface area contributed by atoms with Crippen LogP contribution in [0.4, 0.5) is 0 Å². The molecule has 0 bridgehead atoms. The SMILES string of the molecule is CCC1CCCC(Oc2c(C)cc(C)cc2S(N)(=O)=O)C1. The van der Waals surface area contributed by atoms with Gasteiger partial charge in [-0.2, -0.15) is 0 Å². The molecule has 0 aliphatic heterocycles. The highest BCUT2D eigenvalue weighted by molar-refractivity contribution is 7.89. The lowest BCUT2D eigenvalue weighted by Gasteiger charge is -2.30. The number of rotatable bonds is 4. The number of ether oxygens (including phenoxy) is 1. The fourth-order valence-corrected chi connectivity index (χ4v) is 3.98. The summed E-state index contributed by atoms with van der Waals surface area (Å²) in [6.07, 6.45) is 5.59. The summed E-state index contributed by atoms with van der Waals surface area (Å²) < 4.78 is 29.7. The molecule has 1 fully saturated rings. The summed E-state index contributed by atoms with van der Waals surface area (Å²) in [5.74, 6) is 1.11. The number of hydrogen-bond acceptors (Lipinski definition) is 3. The van der Waals surface area contributed by atoms with Gasteiger partial charge >= 0.3 is 0 Å². The van der Waals surface area contributed by atoms with Crippen LogP contribution in [0.15, 0.2) is 17.0 Å². The average molecular weight is 311 g/mol. The second kappa shape index (κ2) is 6.36. The highest BCUT2D eigenvalue weighted by atomic mass is 32.2. The number of sulfonamides is 1. The molecule has 118 valence electrons. The zero-order valence-electron chi connectivity index (χ0n) is 13.1. The first kappa shape index (κ1) is 16.3. The van der Waals surface area contributed by atoms with E-state index in [1.165, 1.54) is 6.42 Å². The zero-order valence-corrected chi connectivity index (χ0v) is 13.9. The third-order valence-corrected chi connectivity index (χ3v) is 5.20. The van der Waals surface area contributed by atoms with E-state index < -0.39 is 10.0 Å². The van der Waals surface area contributed by atoms with E-state index in [1.54, 1.807) is 6.07 Å². The smallest absolute Gasteiger partial charge is 0.241 e. The lowest BCUT2D eigenvalue weighted by Crippen LogP contribution is -2.26. The minimum absolute atomic E-state index is 0.0885. The van der Waals surface area contributed by atoms with Crippen LogP contribution in [0.3, 0.4) is 0 Å². The Morgan fingerprint density at radius 1 is 1.29 bits per heavy atom. The first-order valence-electron chi connectivity index (χ1n) is 7.62. The summed E-state index contributed by atoms with van der Waals surface area (Å²) in [5, 5.41) is 5.35. The van der Waals surface area contributed by atoms with Gasteiger partial charge in [0.05, 0.1) is 6.10 Å². The Morgan fingerprint density at radius 3 is 2.62 bits per heavy atom. The van der Waals surface area contributed by atoms with Gasteiger partial charge in [-0.1, -0.05) is 25.8 Å². The molecule has 0 heterocycles. The molecule has 0 spiro atoms. The molecule has 0 amide bonds. The number of nitrogens with two attached hydrogens (primary N) is 1. The molecule has 0 saturated heterocycles. The van der Waals surface area contributed by atoms with E-state index in [0.29, 0.717) is 11.7 Å². The molecule has 2 rings (SSSR count). The predicted molar refractivity (Wildman–Crippen MR) is 84.0 cm³/mol. The average Bonchev–Trinajstić information content (AvgIpc) is 2.40. The third kappa shape index (κ3) is 3.98. The first-order chi connectivity index (χ1) is 9.81. The van der Waals surface area contributed by atoms with Crippen LogP contribution in [0, 0.1) is 19.8 Å². The van der Waals surface area contributed by atoms with E-state index in [1.807, 2.05) is 19.9 Å².